The van der Waals surface area contributed by atoms with Crippen LogP contribution in [0.15, 0.2) is 0 Å². The van der Waals surface area contributed by atoms with Gasteiger partial charge in [0.1, 0.15) is 0 Å². The van der Waals surface area contributed by atoms with Crippen LogP contribution in [0.3, 0.4) is 0 Å². The van der Waals surface area contributed by atoms with E-state index >= 15 is 0 Å². The molecule has 0 fully saturated rings. The van der Waals surface area contributed by atoms with Gasteiger partial charge in [0.25, 0.3) is 0 Å². The molecule has 17 heavy (non-hydrogen) atoms. The Balaban J connectivity index is -0.000000218. The van der Waals surface area contributed by atoms with Crippen LogP contribution in [0.1, 0.15) is 54.4 Å². The second-order valence-corrected chi connectivity index (χ2v) is 5.05. The standard InChI is InChI=1S/2C6H12O2.Ca/c2*1-4-6(2,3)5(7)8;/h2*4H2,1-3H3,(H,7,8);/q;;+2/p-2. The summed E-state index contributed by atoms with van der Waals surface area (Å²) < 4.78 is 0. The Morgan fingerprint density at radius 1 is 0.824 bits per heavy atom. The Kier molecular flexibility index (Phi) is 12.1. The molecule has 5 heteroatoms. The largest absolute Gasteiger partial charge is 2.00 e. The van der Waals surface area contributed by atoms with Gasteiger partial charge in [-0.25, -0.2) is 0 Å². The molecule has 0 aliphatic carbocycles. The molecular weight excluding hydrogens is 248 g/mol. The summed E-state index contributed by atoms with van der Waals surface area (Å²) in [7, 11) is 0. The maximum absolute atomic E-state index is 10.1. The molecule has 0 aromatic carbocycles. The van der Waals surface area contributed by atoms with E-state index in [4.69, 9.17) is 0 Å². The molecule has 0 amide bonds. The second kappa shape index (κ2) is 9.17. The van der Waals surface area contributed by atoms with Crippen LogP contribution in [0.4, 0.5) is 0 Å². The van der Waals surface area contributed by atoms with Gasteiger partial charge in [0.05, 0.1) is 0 Å². The molecule has 0 aromatic heterocycles. The molecule has 0 unspecified atom stereocenters. The van der Waals surface area contributed by atoms with Crippen molar-refractivity contribution in [2.45, 2.75) is 54.4 Å². The van der Waals surface area contributed by atoms with Gasteiger partial charge < -0.3 is 19.8 Å². The summed E-state index contributed by atoms with van der Waals surface area (Å²) in [5.41, 5.74) is -1.31. The molecule has 96 valence electrons. The predicted molar refractivity (Wildman–Crippen MR) is 63.9 cm³/mol. The minimum Gasteiger partial charge on any atom is -0.550 e. The molecule has 0 spiro atoms. The average molecular weight is 270 g/mol. The normalized spacial score (nSPS) is 10.7. The topological polar surface area (TPSA) is 80.3 Å². The Morgan fingerprint density at radius 2 is 1.00 bits per heavy atom. The molecule has 0 aliphatic heterocycles. The van der Waals surface area contributed by atoms with E-state index in [1.165, 1.54) is 0 Å². The van der Waals surface area contributed by atoms with Gasteiger partial charge in [0, 0.05) is 22.8 Å². The monoisotopic (exact) mass is 270 g/mol. The van der Waals surface area contributed by atoms with E-state index in [1.807, 2.05) is 13.8 Å². The minimum absolute atomic E-state index is 0. The molecule has 0 aromatic rings. The third kappa shape index (κ3) is 9.86. The zero-order valence-corrected chi connectivity index (χ0v) is 14.0. The first-order valence-corrected chi connectivity index (χ1v) is 5.44. The van der Waals surface area contributed by atoms with Gasteiger partial charge in [-0.05, 0) is 12.8 Å². The predicted octanol–water partition coefficient (Wildman–Crippen LogP) is -0.0358. The van der Waals surface area contributed by atoms with Gasteiger partial charge in [0.15, 0.2) is 0 Å². The summed E-state index contributed by atoms with van der Waals surface area (Å²) in [5.74, 6) is -1.94. The molecule has 0 saturated carbocycles. The molecule has 0 N–H and O–H groups in total. The van der Waals surface area contributed by atoms with Crippen molar-refractivity contribution in [2.24, 2.45) is 10.8 Å². The fourth-order valence-electron chi connectivity index (χ4n) is 0.289. The number of hydrogen-bond acceptors (Lipinski definition) is 4. The SMILES string of the molecule is CCC(C)(C)C(=O)[O-].CCC(C)(C)C(=O)[O-].[Ca+2]. The van der Waals surface area contributed by atoms with Crippen molar-refractivity contribution in [2.75, 3.05) is 0 Å². The van der Waals surface area contributed by atoms with Crippen LogP contribution < -0.4 is 10.2 Å². The number of carboxylic acids is 2. The number of carbonyl (C=O) groups is 2. The number of hydrogen-bond donors (Lipinski definition) is 0. The molecular formula is C12H22CaO4. The number of rotatable bonds is 4. The van der Waals surface area contributed by atoms with E-state index in [0.29, 0.717) is 12.8 Å². The molecule has 0 atom stereocenters. The van der Waals surface area contributed by atoms with Crippen LogP contribution in [0, 0.1) is 10.8 Å². The minimum atomic E-state index is -0.972. The quantitative estimate of drug-likeness (QED) is 0.672. The third-order valence-electron chi connectivity index (χ3n) is 2.87. The van der Waals surface area contributed by atoms with Crippen molar-refractivity contribution in [3.63, 3.8) is 0 Å². The van der Waals surface area contributed by atoms with Crippen LogP contribution in [-0.2, 0) is 9.59 Å². The molecule has 0 radical (unpaired) electrons. The Labute approximate surface area is 134 Å². The summed E-state index contributed by atoms with van der Waals surface area (Å²) >= 11 is 0. The summed E-state index contributed by atoms with van der Waals surface area (Å²) in [5, 5.41) is 20.3. The van der Waals surface area contributed by atoms with Crippen LogP contribution in [0.25, 0.3) is 0 Å². The first-order chi connectivity index (χ1) is 7.01. The molecule has 0 heterocycles. The Bertz CT molecular complexity index is 221. The van der Waals surface area contributed by atoms with Crippen molar-refractivity contribution >= 4 is 49.7 Å². The average Bonchev–Trinajstić information content (AvgIpc) is 2.18. The molecule has 0 saturated heterocycles. The zero-order valence-electron chi connectivity index (χ0n) is 11.8. The van der Waals surface area contributed by atoms with E-state index < -0.39 is 22.8 Å². The summed E-state index contributed by atoms with van der Waals surface area (Å²) in [6.07, 6.45) is 1.24. The van der Waals surface area contributed by atoms with E-state index in [2.05, 4.69) is 0 Å². The van der Waals surface area contributed by atoms with Gasteiger partial charge in [-0.15, -0.1) is 0 Å². The summed E-state index contributed by atoms with van der Waals surface area (Å²) in [6, 6.07) is 0. The maximum atomic E-state index is 10.1. The second-order valence-electron chi connectivity index (χ2n) is 5.05. The van der Waals surface area contributed by atoms with Crippen LogP contribution in [0.5, 0.6) is 0 Å². The Hall–Kier alpha value is 0.200. The van der Waals surface area contributed by atoms with Crippen molar-refractivity contribution < 1.29 is 19.8 Å². The van der Waals surface area contributed by atoms with E-state index in [9.17, 15) is 19.8 Å². The van der Waals surface area contributed by atoms with Gasteiger partial charge in [-0.1, -0.05) is 41.5 Å². The van der Waals surface area contributed by atoms with Gasteiger partial charge in [-0.3, -0.25) is 0 Å². The van der Waals surface area contributed by atoms with Gasteiger partial charge >= 0.3 is 37.7 Å². The molecule has 0 aliphatic rings. The molecule has 0 bridgehead atoms. The van der Waals surface area contributed by atoms with Crippen molar-refractivity contribution in [3.05, 3.63) is 0 Å². The smallest absolute Gasteiger partial charge is 0.550 e. The van der Waals surface area contributed by atoms with Crippen LogP contribution >= 0.6 is 0 Å². The van der Waals surface area contributed by atoms with Crippen LogP contribution in [0.2, 0.25) is 0 Å². The molecule has 0 rings (SSSR count). The van der Waals surface area contributed by atoms with Crippen LogP contribution in [-0.4, -0.2) is 49.7 Å². The van der Waals surface area contributed by atoms with E-state index in [0.717, 1.165) is 0 Å². The van der Waals surface area contributed by atoms with E-state index in [-0.39, 0.29) is 37.7 Å². The first-order valence-electron chi connectivity index (χ1n) is 5.44. The third-order valence-corrected chi connectivity index (χ3v) is 2.87. The number of carboxylic acid groups (broad SMARTS) is 2. The van der Waals surface area contributed by atoms with Crippen molar-refractivity contribution in [3.8, 4) is 0 Å². The number of aliphatic carboxylic acids is 2. The zero-order chi connectivity index (χ0) is 13.6. The molecule has 4 nitrogen and oxygen atoms in total. The number of carbonyl (C=O) groups excluding carboxylic acids is 2. The van der Waals surface area contributed by atoms with E-state index in [1.54, 1.807) is 27.7 Å². The van der Waals surface area contributed by atoms with Crippen molar-refractivity contribution in [1.29, 1.82) is 0 Å². The summed E-state index contributed by atoms with van der Waals surface area (Å²) in [6.45, 7) is 10.3. The summed E-state index contributed by atoms with van der Waals surface area (Å²) in [4.78, 5) is 20.3. The van der Waals surface area contributed by atoms with Gasteiger partial charge in [-0.2, -0.15) is 0 Å². The maximum Gasteiger partial charge on any atom is 2.00 e. The Morgan fingerprint density at radius 3 is 1.00 bits per heavy atom. The fourth-order valence-corrected chi connectivity index (χ4v) is 0.289. The van der Waals surface area contributed by atoms with Gasteiger partial charge in [0.2, 0.25) is 0 Å². The fraction of sp³-hybridized carbons (Fsp3) is 0.833. The first kappa shape index (κ1) is 22.4. The van der Waals surface area contributed by atoms with Crippen molar-refractivity contribution in [1.82, 2.24) is 0 Å².